The minimum Gasteiger partial charge on any atom is -0.385 e. The first-order chi connectivity index (χ1) is 9.34. The second kappa shape index (κ2) is 5.74. The predicted octanol–water partition coefficient (Wildman–Crippen LogP) is 2.90. The van der Waals surface area contributed by atoms with Crippen LogP contribution in [0, 0.1) is 0 Å². The van der Waals surface area contributed by atoms with Crippen molar-refractivity contribution in [1.82, 2.24) is 4.72 Å². The Morgan fingerprint density at radius 2 is 2.10 bits per heavy atom. The predicted molar refractivity (Wildman–Crippen MR) is 82.6 cm³/mol. The molecule has 5 heteroatoms. The van der Waals surface area contributed by atoms with E-state index in [1.165, 1.54) is 5.56 Å². The van der Waals surface area contributed by atoms with Crippen molar-refractivity contribution in [1.29, 1.82) is 0 Å². The maximum absolute atomic E-state index is 12.5. The average Bonchev–Trinajstić information content (AvgIpc) is 2.36. The Labute approximate surface area is 122 Å². The number of anilines is 1. The highest BCUT2D eigenvalue weighted by molar-refractivity contribution is 7.89. The second-order valence-electron chi connectivity index (χ2n) is 6.09. The second-order valence-corrected chi connectivity index (χ2v) is 7.77. The fourth-order valence-corrected chi connectivity index (χ4v) is 4.17. The molecule has 112 valence electrons. The molecule has 0 spiro atoms. The van der Waals surface area contributed by atoms with Gasteiger partial charge in [0.1, 0.15) is 0 Å². The van der Waals surface area contributed by atoms with Gasteiger partial charge in [0, 0.05) is 17.8 Å². The van der Waals surface area contributed by atoms with E-state index in [4.69, 9.17) is 0 Å². The van der Waals surface area contributed by atoms with E-state index in [2.05, 4.69) is 17.0 Å². The maximum atomic E-state index is 12.5. The summed E-state index contributed by atoms with van der Waals surface area (Å²) in [6, 6.07) is 5.37. The quantitative estimate of drug-likeness (QED) is 0.878. The van der Waals surface area contributed by atoms with E-state index < -0.39 is 15.6 Å². The molecule has 1 aliphatic heterocycles. The Hall–Kier alpha value is -1.07. The number of nitrogens with one attached hydrogen (secondary N) is 2. The fraction of sp³-hybridized carbons (Fsp3) is 0.600. The molecule has 2 N–H and O–H groups in total. The van der Waals surface area contributed by atoms with Crippen molar-refractivity contribution in [3.63, 3.8) is 0 Å². The lowest BCUT2D eigenvalue weighted by molar-refractivity contribution is 0.418. The normalized spacial score (nSPS) is 15.6. The van der Waals surface area contributed by atoms with Crippen LogP contribution in [-0.2, 0) is 16.4 Å². The van der Waals surface area contributed by atoms with Crippen LogP contribution in [0.25, 0.3) is 0 Å². The van der Waals surface area contributed by atoms with Gasteiger partial charge < -0.3 is 5.32 Å². The van der Waals surface area contributed by atoms with Crippen LogP contribution < -0.4 is 10.0 Å². The molecular weight excluding hydrogens is 272 g/mol. The molecule has 1 heterocycles. The van der Waals surface area contributed by atoms with E-state index in [0.717, 1.165) is 37.9 Å². The highest BCUT2D eigenvalue weighted by Crippen LogP contribution is 2.26. The lowest BCUT2D eigenvalue weighted by atomic mass is 10.0. The monoisotopic (exact) mass is 296 g/mol. The Kier molecular flexibility index (Phi) is 4.39. The molecule has 1 aromatic carbocycles. The zero-order valence-corrected chi connectivity index (χ0v) is 13.3. The lowest BCUT2D eigenvalue weighted by Crippen LogP contribution is -2.43. The summed E-state index contributed by atoms with van der Waals surface area (Å²) in [7, 11) is -3.46. The molecule has 0 atom stereocenters. The average molecular weight is 296 g/mol. The third-order valence-corrected chi connectivity index (χ3v) is 5.31. The lowest BCUT2D eigenvalue weighted by Gasteiger charge is -2.26. The van der Waals surface area contributed by atoms with Crippen molar-refractivity contribution >= 4 is 15.7 Å². The van der Waals surface area contributed by atoms with Crippen LogP contribution in [0.1, 0.15) is 45.6 Å². The first-order valence-corrected chi connectivity index (χ1v) is 8.73. The summed E-state index contributed by atoms with van der Waals surface area (Å²) in [5.74, 6) is 0. The standard InChI is InChI=1S/C15H24N2O2S/c1-4-9-15(2,3)17-20(18,19)13-8-7-12-6-5-10-16-14(12)11-13/h7-8,11,16-17H,4-6,9-10H2,1-3H3. The van der Waals surface area contributed by atoms with Gasteiger partial charge in [0.25, 0.3) is 0 Å². The number of rotatable bonds is 5. The van der Waals surface area contributed by atoms with Crippen LogP contribution in [0.3, 0.4) is 0 Å². The molecule has 20 heavy (non-hydrogen) atoms. The summed E-state index contributed by atoms with van der Waals surface area (Å²) in [6.45, 7) is 6.81. The van der Waals surface area contributed by atoms with Crippen molar-refractivity contribution in [2.75, 3.05) is 11.9 Å². The molecule has 0 bridgehead atoms. The Balaban J connectivity index is 2.26. The van der Waals surface area contributed by atoms with Gasteiger partial charge in [-0.1, -0.05) is 19.4 Å². The van der Waals surface area contributed by atoms with Gasteiger partial charge in [0.05, 0.1) is 4.90 Å². The summed E-state index contributed by atoms with van der Waals surface area (Å²) in [5.41, 5.74) is 1.73. The molecular formula is C15H24N2O2S. The summed E-state index contributed by atoms with van der Waals surface area (Å²) in [5, 5.41) is 3.27. The molecule has 0 fully saturated rings. The molecule has 0 aliphatic carbocycles. The Morgan fingerprint density at radius 1 is 1.35 bits per heavy atom. The summed E-state index contributed by atoms with van der Waals surface area (Å²) >= 11 is 0. The maximum Gasteiger partial charge on any atom is 0.241 e. The van der Waals surface area contributed by atoms with E-state index in [1.54, 1.807) is 12.1 Å². The van der Waals surface area contributed by atoms with Crippen molar-refractivity contribution in [2.24, 2.45) is 0 Å². The SMILES string of the molecule is CCCC(C)(C)NS(=O)(=O)c1ccc2c(c1)NCCC2. The highest BCUT2D eigenvalue weighted by Gasteiger charge is 2.26. The number of sulfonamides is 1. The molecule has 1 aromatic rings. The van der Waals surface area contributed by atoms with E-state index in [0.29, 0.717) is 4.90 Å². The van der Waals surface area contributed by atoms with Gasteiger partial charge in [-0.25, -0.2) is 13.1 Å². The van der Waals surface area contributed by atoms with Crippen LogP contribution >= 0.6 is 0 Å². The largest absolute Gasteiger partial charge is 0.385 e. The molecule has 0 radical (unpaired) electrons. The molecule has 0 saturated heterocycles. The summed E-state index contributed by atoms with van der Waals surface area (Å²) in [6.07, 6.45) is 3.87. The van der Waals surface area contributed by atoms with Crippen LogP contribution in [0.15, 0.2) is 23.1 Å². The van der Waals surface area contributed by atoms with E-state index >= 15 is 0 Å². The molecule has 0 aromatic heterocycles. The number of benzene rings is 1. The first kappa shape index (κ1) is 15.3. The van der Waals surface area contributed by atoms with Gasteiger partial charge in [0.2, 0.25) is 10.0 Å². The Morgan fingerprint density at radius 3 is 2.80 bits per heavy atom. The third kappa shape index (κ3) is 3.52. The third-order valence-electron chi connectivity index (χ3n) is 3.62. The van der Waals surface area contributed by atoms with Gasteiger partial charge >= 0.3 is 0 Å². The van der Waals surface area contributed by atoms with Crippen LogP contribution in [0.5, 0.6) is 0 Å². The van der Waals surface area contributed by atoms with E-state index in [1.807, 2.05) is 19.9 Å². The summed E-state index contributed by atoms with van der Waals surface area (Å²) < 4.78 is 27.7. The number of aryl methyl sites for hydroxylation is 1. The van der Waals surface area contributed by atoms with Gasteiger partial charge in [0.15, 0.2) is 0 Å². The fourth-order valence-electron chi connectivity index (χ4n) is 2.71. The first-order valence-electron chi connectivity index (χ1n) is 7.25. The van der Waals surface area contributed by atoms with Crippen molar-refractivity contribution in [2.45, 2.75) is 56.9 Å². The van der Waals surface area contributed by atoms with Crippen molar-refractivity contribution < 1.29 is 8.42 Å². The molecule has 4 nitrogen and oxygen atoms in total. The highest BCUT2D eigenvalue weighted by atomic mass is 32.2. The zero-order chi connectivity index (χ0) is 14.8. The molecule has 1 aliphatic rings. The number of fused-ring (bicyclic) bond motifs is 1. The van der Waals surface area contributed by atoms with Gasteiger partial charge in [-0.2, -0.15) is 0 Å². The van der Waals surface area contributed by atoms with Gasteiger partial charge in [-0.3, -0.25) is 0 Å². The topological polar surface area (TPSA) is 58.2 Å². The smallest absolute Gasteiger partial charge is 0.241 e. The zero-order valence-electron chi connectivity index (χ0n) is 12.5. The molecule has 0 unspecified atom stereocenters. The Bertz CT molecular complexity index is 580. The minimum atomic E-state index is -3.46. The van der Waals surface area contributed by atoms with Crippen LogP contribution in [-0.4, -0.2) is 20.5 Å². The molecule has 0 saturated carbocycles. The van der Waals surface area contributed by atoms with Gasteiger partial charge in [-0.15, -0.1) is 0 Å². The van der Waals surface area contributed by atoms with Crippen LogP contribution in [0.2, 0.25) is 0 Å². The minimum absolute atomic E-state index is 0.342. The van der Waals surface area contributed by atoms with E-state index in [-0.39, 0.29) is 0 Å². The molecule has 0 amide bonds. The number of hydrogen-bond donors (Lipinski definition) is 2. The van der Waals surface area contributed by atoms with Crippen molar-refractivity contribution in [3.05, 3.63) is 23.8 Å². The van der Waals surface area contributed by atoms with E-state index in [9.17, 15) is 8.42 Å². The molecule has 2 rings (SSSR count). The van der Waals surface area contributed by atoms with Gasteiger partial charge in [-0.05, 0) is 50.8 Å². The van der Waals surface area contributed by atoms with Crippen molar-refractivity contribution in [3.8, 4) is 0 Å². The summed E-state index contributed by atoms with van der Waals surface area (Å²) in [4.78, 5) is 0.342. The van der Waals surface area contributed by atoms with Crippen LogP contribution in [0.4, 0.5) is 5.69 Å². The number of hydrogen-bond acceptors (Lipinski definition) is 3.